The molecule has 0 aliphatic carbocycles. The minimum atomic E-state index is 0.00804. The van der Waals surface area contributed by atoms with Crippen LogP contribution in [-0.4, -0.2) is 42.5 Å². The Kier molecular flexibility index (Phi) is 5.61. The summed E-state index contributed by atoms with van der Waals surface area (Å²) in [6.07, 6.45) is 3.46. The number of rotatable bonds is 4. The molecular weight excluding hydrogens is 294 g/mol. The van der Waals surface area contributed by atoms with Gasteiger partial charge in [-0.3, -0.25) is 4.79 Å². The fourth-order valence-corrected chi connectivity index (χ4v) is 3.92. The van der Waals surface area contributed by atoms with Crippen molar-refractivity contribution in [1.29, 1.82) is 0 Å². The van der Waals surface area contributed by atoms with Gasteiger partial charge in [0, 0.05) is 18.5 Å². The van der Waals surface area contributed by atoms with Gasteiger partial charge in [0.15, 0.2) is 0 Å². The molecule has 4 nitrogen and oxygen atoms in total. The third-order valence-electron chi connectivity index (χ3n) is 4.34. The number of piperidine rings is 1. The number of carbonyl (C=O) groups is 1. The van der Waals surface area contributed by atoms with E-state index in [9.17, 15) is 4.79 Å². The molecule has 124 valence electrons. The molecule has 2 rings (SSSR count). The zero-order valence-corrected chi connectivity index (χ0v) is 15.3. The maximum Gasteiger partial charge on any atom is 0.265 e. The highest BCUT2D eigenvalue weighted by molar-refractivity contribution is 7.14. The van der Waals surface area contributed by atoms with Crippen molar-refractivity contribution in [3.05, 3.63) is 15.6 Å². The van der Waals surface area contributed by atoms with Gasteiger partial charge in [-0.1, -0.05) is 20.8 Å². The number of hydrogen-bond acceptors (Lipinski definition) is 4. The number of likely N-dealkylation sites (tertiary alicyclic amines) is 1. The van der Waals surface area contributed by atoms with Crippen molar-refractivity contribution in [3.8, 4) is 0 Å². The van der Waals surface area contributed by atoms with Gasteiger partial charge >= 0.3 is 0 Å². The smallest absolute Gasteiger partial charge is 0.265 e. The molecule has 1 aliphatic heterocycles. The minimum Gasteiger partial charge on any atom is -0.338 e. The predicted molar refractivity (Wildman–Crippen MR) is 92.7 cm³/mol. The molecule has 1 amide bonds. The van der Waals surface area contributed by atoms with E-state index < -0.39 is 0 Å². The second-order valence-electron chi connectivity index (χ2n) is 7.31. The molecule has 5 heteroatoms. The summed E-state index contributed by atoms with van der Waals surface area (Å²) in [7, 11) is 2.00. The quantitative estimate of drug-likeness (QED) is 0.925. The lowest BCUT2D eigenvalue weighted by molar-refractivity contribution is 0.0691. The van der Waals surface area contributed by atoms with Crippen LogP contribution in [-0.2, 0) is 5.41 Å². The highest BCUT2D eigenvalue weighted by atomic mass is 32.1. The Morgan fingerprint density at radius 2 is 2.00 bits per heavy atom. The molecule has 0 aromatic carbocycles. The maximum absolute atomic E-state index is 12.8. The van der Waals surface area contributed by atoms with Crippen LogP contribution in [0.1, 0.15) is 60.4 Å². The number of nitrogens with zero attached hydrogens (tertiary/aromatic N) is 2. The minimum absolute atomic E-state index is 0.00804. The number of thiazole rings is 1. The van der Waals surface area contributed by atoms with Crippen LogP contribution in [0.2, 0.25) is 0 Å². The average Bonchev–Trinajstić information content (AvgIpc) is 2.87. The first-order valence-corrected chi connectivity index (χ1v) is 9.06. The lowest BCUT2D eigenvalue weighted by Crippen LogP contribution is -2.38. The molecule has 1 N–H and O–H groups in total. The summed E-state index contributed by atoms with van der Waals surface area (Å²) >= 11 is 1.57. The number of carbonyl (C=O) groups excluding carboxylic acids is 1. The van der Waals surface area contributed by atoms with Crippen molar-refractivity contribution in [2.24, 2.45) is 5.92 Å². The second-order valence-corrected chi connectivity index (χ2v) is 8.31. The number of hydrogen-bond donors (Lipinski definition) is 1. The number of aromatic nitrogens is 1. The third kappa shape index (κ3) is 4.07. The van der Waals surface area contributed by atoms with Gasteiger partial charge in [-0.2, -0.15) is 0 Å². The van der Waals surface area contributed by atoms with Crippen molar-refractivity contribution in [2.45, 2.75) is 52.4 Å². The molecule has 1 aromatic heterocycles. The van der Waals surface area contributed by atoms with Gasteiger partial charge in [-0.05, 0) is 45.7 Å². The Hall–Kier alpha value is -0.940. The highest BCUT2D eigenvalue weighted by Crippen LogP contribution is 2.31. The molecule has 0 saturated carbocycles. The van der Waals surface area contributed by atoms with E-state index in [4.69, 9.17) is 0 Å². The van der Waals surface area contributed by atoms with E-state index in [1.54, 1.807) is 11.3 Å². The Morgan fingerprint density at radius 3 is 2.50 bits per heavy atom. The molecule has 2 heterocycles. The third-order valence-corrected chi connectivity index (χ3v) is 5.91. The molecule has 1 aliphatic rings. The highest BCUT2D eigenvalue weighted by Gasteiger charge is 2.28. The average molecular weight is 324 g/mol. The van der Waals surface area contributed by atoms with Gasteiger partial charge in [0.05, 0.1) is 10.7 Å². The van der Waals surface area contributed by atoms with Crippen LogP contribution in [0.5, 0.6) is 0 Å². The Labute approximate surface area is 138 Å². The standard InChI is InChI=1S/C17H29N3OS/c1-12-14(22-16(19-12)17(2,3)4)15(21)20-10-7-13(8-11-20)6-9-18-5/h13,18H,6-11H2,1-5H3. The molecule has 0 spiro atoms. The maximum atomic E-state index is 12.8. The van der Waals surface area contributed by atoms with Crippen LogP contribution in [0.4, 0.5) is 0 Å². The SMILES string of the molecule is CNCCC1CCN(C(=O)c2sc(C(C)(C)C)nc2C)CC1. The van der Waals surface area contributed by atoms with Gasteiger partial charge in [-0.15, -0.1) is 11.3 Å². The van der Waals surface area contributed by atoms with Crippen molar-refractivity contribution < 1.29 is 4.79 Å². The van der Waals surface area contributed by atoms with Crippen molar-refractivity contribution in [1.82, 2.24) is 15.2 Å². The topological polar surface area (TPSA) is 45.2 Å². The molecule has 1 saturated heterocycles. The van der Waals surface area contributed by atoms with Crippen LogP contribution >= 0.6 is 11.3 Å². The van der Waals surface area contributed by atoms with Crippen LogP contribution < -0.4 is 5.32 Å². The van der Waals surface area contributed by atoms with Gasteiger partial charge in [0.2, 0.25) is 0 Å². The van der Waals surface area contributed by atoms with E-state index in [0.29, 0.717) is 0 Å². The van der Waals surface area contributed by atoms with E-state index in [1.165, 1.54) is 6.42 Å². The summed E-state index contributed by atoms with van der Waals surface area (Å²) in [4.78, 5) is 20.2. The van der Waals surface area contributed by atoms with Crippen molar-refractivity contribution in [3.63, 3.8) is 0 Å². The van der Waals surface area contributed by atoms with E-state index in [1.807, 2.05) is 18.9 Å². The normalized spacial score (nSPS) is 17.0. The lowest BCUT2D eigenvalue weighted by atomic mass is 9.93. The van der Waals surface area contributed by atoms with Gasteiger partial charge in [0.1, 0.15) is 4.88 Å². The molecule has 0 radical (unpaired) electrons. The van der Waals surface area contributed by atoms with Crippen LogP contribution in [0, 0.1) is 12.8 Å². The first-order chi connectivity index (χ1) is 10.3. The van der Waals surface area contributed by atoms with Crippen molar-refractivity contribution in [2.75, 3.05) is 26.7 Å². The lowest BCUT2D eigenvalue weighted by Gasteiger charge is -2.31. The Bertz CT molecular complexity index is 510. The fourth-order valence-electron chi connectivity index (χ4n) is 2.83. The van der Waals surface area contributed by atoms with E-state index in [0.717, 1.165) is 54.0 Å². The number of amides is 1. The molecule has 1 fully saturated rings. The summed E-state index contributed by atoms with van der Waals surface area (Å²) in [5, 5.41) is 4.26. The first kappa shape index (κ1) is 17.4. The second kappa shape index (κ2) is 7.09. The van der Waals surface area contributed by atoms with Crippen LogP contribution in [0.25, 0.3) is 0 Å². The summed E-state index contributed by atoms with van der Waals surface area (Å²) in [6.45, 7) is 11.2. The number of aryl methyl sites for hydroxylation is 1. The fraction of sp³-hybridized carbons (Fsp3) is 0.765. The van der Waals surface area contributed by atoms with Crippen LogP contribution in [0.3, 0.4) is 0 Å². The predicted octanol–water partition coefficient (Wildman–Crippen LogP) is 3.21. The Balaban J connectivity index is 2.00. The Morgan fingerprint density at radius 1 is 1.36 bits per heavy atom. The number of nitrogens with one attached hydrogen (secondary N) is 1. The van der Waals surface area contributed by atoms with E-state index >= 15 is 0 Å². The largest absolute Gasteiger partial charge is 0.338 e. The molecule has 1 aromatic rings. The van der Waals surface area contributed by atoms with E-state index in [2.05, 4.69) is 31.1 Å². The summed E-state index contributed by atoms with van der Waals surface area (Å²) in [5.74, 6) is 0.932. The summed E-state index contributed by atoms with van der Waals surface area (Å²) in [6, 6.07) is 0. The molecule has 0 bridgehead atoms. The summed E-state index contributed by atoms with van der Waals surface area (Å²) in [5.41, 5.74) is 0.894. The summed E-state index contributed by atoms with van der Waals surface area (Å²) < 4.78 is 0. The van der Waals surface area contributed by atoms with Crippen LogP contribution in [0.15, 0.2) is 0 Å². The molecule has 0 unspecified atom stereocenters. The zero-order valence-electron chi connectivity index (χ0n) is 14.5. The molecule has 0 atom stereocenters. The first-order valence-electron chi connectivity index (χ1n) is 8.24. The monoisotopic (exact) mass is 323 g/mol. The molecule has 22 heavy (non-hydrogen) atoms. The van der Waals surface area contributed by atoms with Gasteiger partial charge in [0.25, 0.3) is 5.91 Å². The van der Waals surface area contributed by atoms with Crippen molar-refractivity contribution >= 4 is 17.2 Å². The zero-order chi connectivity index (χ0) is 16.3. The van der Waals surface area contributed by atoms with E-state index in [-0.39, 0.29) is 11.3 Å². The molecular formula is C17H29N3OS. The van der Waals surface area contributed by atoms with Gasteiger partial charge in [-0.25, -0.2) is 4.98 Å². The van der Waals surface area contributed by atoms with Gasteiger partial charge < -0.3 is 10.2 Å².